The topological polar surface area (TPSA) is 78.7 Å². The number of carbonyl (C=O) groups is 2. The summed E-state index contributed by atoms with van der Waals surface area (Å²) < 4.78 is 5.16. The van der Waals surface area contributed by atoms with Crippen molar-refractivity contribution < 1.29 is 14.0 Å². The molecule has 0 saturated carbocycles. The number of aromatic nitrogens is 1. The van der Waals surface area contributed by atoms with Crippen LogP contribution in [0.25, 0.3) is 0 Å². The molecule has 144 valence electrons. The van der Waals surface area contributed by atoms with Crippen LogP contribution in [0.1, 0.15) is 41.2 Å². The highest BCUT2D eigenvalue weighted by Crippen LogP contribution is 2.13. The molecule has 3 heterocycles. The lowest BCUT2D eigenvalue weighted by atomic mass is 10.1. The first-order valence-corrected chi connectivity index (χ1v) is 9.36. The fourth-order valence-electron chi connectivity index (χ4n) is 2.97. The second-order valence-corrected chi connectivity index (χ2v) is 7.10. The van der Waals surface area contributed by atoms with E-state index in [4.69, 9.17) is 4.42 Å². The number of hydrogen-bond donors (Lipinski definition) is 1. The van der Waals surface area contributed by atoms with Gasteiger partial charge in [0, 0.05) is 38.9 Å². The lowest BCUT2D eigenvalue weighted by molar-refractivity contribution is 0.0518. The molecule has 2 aromatic rings. The molecule has 1 fully saturated rings. The van der Waals surface area contributed by atoms with Gasteiger partial charge in [0.05, 0.1) is 11.8 Å². The third-order valence-corrected chi connectivity index (χ3v) is 4.62. The van der Waals surface area contributed by atoms with Crippen LogP contribution in [0, 0.1) is 5.92 Å². The average Bonchev–Trinajstić information content (AvgIpc) is 3.22. The van der Waals surface area contributed by atoms with Gasteiger partial charge in [0.1, 0.15) is 5.82 Å². The Balaban J connectivity index is 1.51. The van der Waals surface area contributed by atoms with Gasteiger partial charge < -0.3 is 19.5 Å². The van der Waals surface area contributed by atoms with Crippen LogP contribution in [0.3, 0.4) is 0 Å². The van der Waals surface area contributed by atoms with Crippen LogP contribution in [0.5, 0.6) is 0 Å². The van der Waals surface area contributed by atoms with Crippen molar-refractivity contribution in [3.8, 4) is 0 Å². The van der Waals surface area contributed by atoms with E-state index in [1.165, 1.54) is 6.26 Å². The fraction of sp³-hybridized carbons (Fsp3) is 0.450. The van der Waals surface area contributed by atoms with Crippen LogP contribution in [0.4, 0.5) is 5.82 Å². The summed E-state index contributed by atoms with van der Waals surface area (Å²) in [4.78, 5) is 32.8. The zero-order chi connectivity index (χ0) is 19.2. The molecule has 2 aromatic heterocycles. The van der Waals surface area contributed by atoms with Crippen molar-refractivity contribution in [1.29, 1.82) is 0 Å². The number of nitrogens with zero attached hydrogens (tertiary/aromatic N) is 3. The van der Waals surface area contributed by atoms with Crippen molar-refractivity contribution in [2.75, 3.05) is 38.0 Å². The van der Waals surface area contributed by atoms with Crippen LogP contribution < -0.4 is 5.32 Å². The molecule has 0 radical (unpaired) electrons. The molecule has 3 rings (SSSR count). The van der Waals surface area contributed by atoms with Crippen LogP contribution in [0.15, 0.2) is 41.1 Å². The van der Waals surface area contributed by atoms with E-state index in [1.54, 1.807) is 34.2 Å². The molecule has 0 bridgehead atoms. The molecule has 7 nitrogen and oxygen atoms in total. The van der Waals surface area contributed by atoms with Crippen LogP contribution in [0.2, 0.25) is 0 Å². The van der Waals surface area contributed by atoms with Gasteiger partial charge in [-0.1, -0.05) is 13.8 Å². The Morgan fingerprint density at radius 3 is 2.37 bits per heavy atom. The molecule has 27 heavy (non-hydrogen) atoms. The smallest absolute Gasteiger partial charge is 0.289 e. The highest BCUT2D eigenvalue weighted by atomic mass is 16.3. The minimum atomic E-state index is -0.134. The van der Waals surface area contributed by atoms with E-state index < -0.39 is 0 Å². The second-order valence-electron chi connectivity index (χ2n) is 7.10. The number of nitrogens with one attached hydrogen (secondary N) is 1. The van der Waals surface area contributed by atoms with E-state index in [-0.39, 0.29) is 11.8 Å². The lowest BCUT2D eigenvalue weighted by Gasteiger charge is -2.34. The first-order chi connectivity index (χ1) is 13.0. The maximum Gasteiger partial charge on any atom is 0.289 e. The van der Waals surface area contributed by atoms with Crippen molar-refractivity contribution >= 4 is 17.6 Å². The number of hydrogen-bond acceptors (Lipinski definition) is 5. The number of pyridine rings is 1. The molecule has 2 amide bonds. The third-order valence-electron chi connectivity index (χ3n) is 4.62. The van der Waals surface area contributed by atoms with Gasteiger partial charge in [-0.25, -0.2) is 4.98 Å². The SMILES string of the molecule is CC(C)CCNc1ccc(C(=O)N2CCN(C(=O)c3ccco3)CC2)cn1. The van der Waals surface area contributed by atoms with Crippen LogP contribution in [-0.4, -0.2) is 59.3 Å². The van der Waals surface area contributed by atoms with Gasteiger partial charge in [-0.15, -0.1) is 0 Å². The van der Waals surface area contributed by atoms with Gasteiger partial charge in [-0.05, 0) is 36.6 Å². The first-order valence-electron chi connectivity index (χ1n) is 9.36. The molecule has 1 N–H and O–H groups in total. The van der Waals surface area contributed by atoms with Crippen LogP contribution >= 0.6 is 0 Å². The number of piperazine rings is 1. The zero-order valence-electron chi connectivity index (χ0n) is 15.9. The lowest BCUT2D eigenvalue weighted by Crippen LogP contribution is -2.50. The van der Waals surface area contributed by atoms with Crippen molar-refractivity contribution in [1.82, 2.24) is 14.8 Å². The fourth-order valence-corrected chi connectivity index (χ4v) is 2.97. The summed E-state index contributed by atoms with van der Waals surface area (Å²) in [6.45, 7) is 7.21. The molecular formula is C20H26N4O3. The average molecular weight is 370 g/mol. The Labute approximate surface area is 159 Å². The summed E-state index contributed by atoms with van der Waals surface area (Å²) in [6.07, 6.45) is 4.17. The van der Waals surface area contributed by atoms with E-state index in [2.05, 4.69) is 24.1 Å². The molecule has 1 saturated heterocycles. The highest BCUT2D eigenvalue weighted by Gasteiger charge is 2.26. The maximum absolute atomic E-state index is 12.7. The monoisotopic (exact) mass is 370 g/mol. The van der Waals surface area contributed by atoms with Gasteiger partial charge in [-0.3, -0.25) is 9.59 Å². The number of furan rings is 1. The third kappa shape index (κ3) is 4.87. The van der Waals surface area contributed by atoms with Crippen molar-refractivity contribution in [2.24, 2.45) is 5.92 Å². The Hall–Kier alpha value is -2.83. The standard InChI is InChI=1S/C20H26N4O3/c1-15(2)7-8-21-18-6-5-16(14-22-18)19(25)23-9-11-24(12-10-23)20(26)17-4-3-13-27-17/h3-6,13-15H,7-12H2,1-2H3,(H,21,22). The molecular weight excluding hydrogens is 344 g/mol. The Morgan fingerprint density at radius 1 is 1.11 bits per heavy atom. The highest BCUT2D eigenvalue weighted by molar-refractivity contribution is 5.95. The van der Waals surface area contributed by atoms with Gasteiger partial charge in [0.25, 0.3) is 11.8 Å². The quantitative estimate of drug-likeness (QED) is 0.846. The maximum atomic E-state index is 12.7. The van der Waals surface area contributed by atoms with Gasteiger partial charge in [-0.2, -0.15) is 0 Å². The summed E-state index contributed by atoms with van der Waals surface area (Å²) in [5, 5.41) is 3.26. The summed E-state index contributed by atoms with van der Waals surface area (Å²) in [6, 6.07) is 6.99. The summed E-state index contributed by atoms with van der Waals surface area (Å²) in [5.74, 6) is 1.56. The minimum Gasteiger partial charge on any atom is -0.459 e. The molecule has 1 aliphatic rings. The summed E-state index contributed by atoms with van der Waals surface area (Å²) in [7, 11) is 0. The Bertz CT molecular complexity index is 748. The molecule has 0 spiro atoms. The number of anilines is 1. The molecule has 0 aliphatic carbocycles. The molecule has 0 aromatic carbocycles. The second kappa shape index (κ2) is 8.70. The zero-order valence-corrected chi connectivity index (χ0v) is 15.9. The van der Waals surface area contributed by atoms with E-state index in [0.29, 0.717) is 43.4 Å². The van der Waals surface area contributed by atoms with E-state index in [0.717, 1.165) is 18.8 Å². The van der Waals surface area contributed by atoms with Gasteiger partial charge in [0.2, 0.25) is 0 Å². The van der Waals surface area contributed by atoms with Gasteiger partial charge in [0.15, 0.2) is 5.76 Å². The predicted molar refractivity (Wildman–Crippen MR) is 103 cm³/mol. The molecule has 0 atom stereocenters. The van der Waals surface area contributed by atoms with Gasteiger partial charge >= 0.3 is 0 Å². The van der Waals surface area contributed by atoms with Crippen molar-refractivity contribution in [3.05, 3.63) is 48.0 Å². The largest absolute Gasteiger partial charge is 0.459 e. The minimum absolute atomic E-state index is 0.0543. The van der Waals surface area contributed by atoms with Crippen LogP contribution in [-0.2, 0) is 0 Å². The molecule has 0 unspecified atom stereocenters. The van der Waals surface area contributed by atoms with E-state index in [9.17, 15) is 9.59 Å². The van der Waals surface area contributed by atoms with E-state index >= 15 is 0 Å². The molecule has 1 aliphatic heterocycles. The number of rotatable bonds is 6. The molecule has 7 heteroatoms. The summed E-state index contributed by atoms with van der Waals surface area (Å²) >= 11 is 0. The number of amides is 2. The predicted octanol–water partition coefficient (Wildman–Crippen LogP) is 2.73. The van der Waals surface area contributed by atoms with E-state index in [1.807, 2.05) is 6.07 Å². The Kier molecular flexibility index (Phi) is 6.11. The summed E-state index contributed by atoms with van der Waals surface area (Å²) in [5.41, 5.74) is 0.565. The number of carbonyl (C=O) groups excluding carboxylic acids is 2. The van der Waals surface area contributed by atoms with Crippen molar-refractivity contribution in [3.63, 3.8) is 0 Å². The first kappa shape index (κ1) is 18.9. The van der Waals surface area contributed by atoms with Crippen molar-refractivity contribution in [2.45, 2.75) is 20.3 Å². The Morgan fingerprint density at radius 2 is 1.81 bits per heavy atom. The normalized spacial score (nSPS) is 14.5.